The molecule has 0 saturated carbocycles. The number of carbonyl (C=O) groups excluding carboxylic acids is 1. The molecule has 2 aromatic rings. The number of hydrogen-bond donors (Lipinski definition) is 2. The van der Waals surface area contributed by atoms with Gasteiger partial charge in [0.2, 0.25) is 5.91 Å². The number of rotatable bonds is 5. The summed E-state index contributed by atoms with van der Waals surface area (Å²) < 4.78 is 1.07. The largest absolute Gasteiger partial charge is 0.351 e. The van der Waals surface area contributed by atoms with Gasteiger partial charge in [0.15, 0.2) is 0 Å². The van der Waals surface area contributed by atoms with Gasteiger partial charge < -0.3 is 10.3 Å². The summed E-state index contributed by atoms with van der Waals surface area (Å²) in [5.74, 6) is 0.240. The molecule has 1 amide bonds. The van der Waals surface area contributed by atoms with Crippen LogP contribution >= 0.6 is 27.7 Å². The molecule has 1 heterocycles. The third kappa shape index (κ3) is 4.74. The van der Waals surface area contributed by atoms with Crippen molar-refractivity contribution >= 4 is 33.6 Å². The Kier molecular flexibility index (Phi) is 6.29. The second kappa shape index (κ2) is 8.03. The Bertz CT molecular complexity index is 830. The molecule has 0 aliphatic carbocycles. The molecular weight excluding hydrogens is 388 g/mol. The fourth-order valence-electron chi connectivity index (χ4n) is 2.39. The maximum absolute atomic E-state index is 12.1. The van der Waals surface area contributed by atoms with Gasteiger partial charge in [0.25, 0.3) is 5.56 Å². The van der Waals surface area contributed by atoms with Crippen molar-refractivity contribution in [1.82, 2.24) is 10.3 Å². The molecule has 0 unspecified atom stereocenters. The van der Waals surface area contributed by atoms with Crippen LogP contribution < -0.4 is 10.9 Å². The van der Waals surface area contributed by atoms with Crippen LogP contribution in [-0.2, 0) is 11.3 Å². The number of halogens is 1. The van der Waals surface area contributed by atoms with E-state index in [2.05, 4.69) is 38.4 Å². The van der Waals surface area contributed by atoms with Gasteiger partial charge in [-0.15, -0.1) is 11.8 Å². The minimum Gasteiger partial charge on any atom is -0.351 e. The molecule has 6 heteroatoms. The Morgan fingerprint density at radius 2 is 1.83 bits per heavy atom. The van der Waals surface area contributed by atoms with Crippen LogP contribution in [0, 0.1) is 27.7 Å². The van der Waals surface area contributed by atoms with Crippen molar-refractivity contribution in [3.8, 4) is 0 Å². The number of nitrogens with one attached hydrogen (secondary N) is 2. The molecule has 0 fully saturated rings. The molecule has 0 aliphatic heterocycles. The van der Waals surface area contributed by atoms with Crippen molar-refractivity contribution in [2.75, 3.05) is 5.75 Å². The second-order valence-corrected chi connectivity index (χ2v) is 7.75. The Morgan fingerprint density at radius 1 is 1.12 bits per heavy atom. The van der Waals surface area contributed by atoms with E-state index >= 15 is 0 Å². The lowest BCUT2D eigenvalue weighted by Crippen LogP contribution is -2.29. The molecule has 128 valence electrons. The molecule has 0 saturated heterocycles. The predicted octanol–water partition coefficient (Wildman–Crippen LogP) is 3.78. The summed E-state index contributed by atoms with van der Waals surface area (Å²) in [6.45, 7) is 8.03. The summed E-state index contributed by atoms with van der Waals surface area (Å²) in [7, 11) is 0. The van der Waals surface area contributed by atoms with Crippen molar-refractivity contribution in [1.29, 1.82) is 0 Å². The summed E-state index contributed by atoms with van der Waals surface area (Å²) in [5, 5.41) is 2.83. The first-order chi connectivity index (χ1) is 11.3. The Morgan fingerprint density at radius 3 is 2.50 bits per heavy atom. The molecular formula is C18H21BrN2O2S. The van der Waals surface area contributed by atoms with E-state index in [0.717, 1.165) is 31.8 Å². The predicted molar refractivity (Wildman–Crippen MR) is 103 cm³/mol. The van der Waals surface area contributed by atoms with Gasteiger partial charge in [-0.05, 0) is 62.6 Å². The monoisotopic (exact) mass is 408 g/mol. The highest BCUT2D eigenvalue weighted by atomic mass is 79.9. The molecule has 1 aromatic carbocycles. The molecule has 2 N–H and O–H groups in total. The lowest BCUT2D eigenvalue weighted by molar-refractivity contribution is -0.118. The third-order valence-corrected chi connectivity index (χ3v) is 5.78. The molecule has 24 heavy (non-hydrogen) atoms. The van der Waals surface area contributed by atoms with E-state index in [1.165, 1.54) is 11.8 Å². The van der Waals surface area contributed by atoms with E-state index in [1.54, 1.807) is 0 Å². The number of benzene rings is 1. The number of H-pyrrole nitrogens is 1. The lowest BCUT2D eigenvalue weighted by atomic mass is 10.1. The fourth-order valence-corrected chi connectivity index (χ4v) is 3.79. The van der Waals surface area contributed by atoms with Gasteiger partial charge in [0, 0.05) is 27.2 Å². The molecule has 0 atom stereocenters. The summed E-state index contributed by atoms with van der Waals surface area (Å²) in [5.41, 5.74) is 4.46. The number of carbonyl (C=O) groups is 1. The van der Waals surface area contributed by atoms with Gasteiger partial charge in [-0.25, -0.2) is 0 Å². The number of pyridine rings is 1. The van der Waals surface area contributed by atoms with E-state index in [0.29, 0.717) is 11.3 Å². The van der Waals surface area contributed by atoms with Crippen LogP contribution in [0.25, 0.3) is 0 Å². The van der Waals surface area contributed by atoms with Gasteiger partial charge in [-0.3, -0.25) is 9.59 Å². The SMILES string of the molecule is Cc1cc(C)c(CNC(=O)CSc2cc(C)c(Br)cc2C)c(=O)[nH]1. The molecule has 1 aromatic heterocycles. The first-order valence-corrected chi connectivity index (χ1v) is 9.41. The highest BCUT2D eigenvalue weighted by molar-refractivity contribution is 9.10. The quantitative estimate of drug-likeness (QED) is 0.739. The Balaban J connectivity index is 1.95. The van der Waals surface area contributed by atoms with E-state index < -0.39 is 0 Å². The topological polar surface area (TPSA) is 62.0 Å². The number of aromatic amines is 1. The van der Waals surface area contributed by atoms with Crippen molar-refractivity contribution < 1.29 is 4.79 Å². The van der Waals surface area contributed by atoms with Crippen molar-refractivity contribution in [2.45, 2.75) is 39.1 Å². The number of aromatic nitrogens is 1. The zero-order chi connectivity index (χ0) is 17.9. The summed E-state index contributed by atoms with van der Waals surface area (Å²) in [6.07, 6.45) is 0. The molecule has 2 rings (SSSR count). The van der Waals surface area contributed by atoms with Crippen molar-refractivity contribution in [2.24, 2.45) is 0 Å². The van der Waals surface area contributed by atoms with Crippen LogP contribution in [0.1, 0.15) is 27.9 Å². The lowest BCUT2D eigenvalue weighted by Gasteiger charge is -2.10. The average Bonchev–Trinajstić information content (AvgIpc) is 2.48. The van der Waals surface area contributed by atoms with E-state index in [1.807, 2.05) is 33.8 Å². The summed E-state index contributed by atoms with van der Waals surface area (Å²) >= 11 is 5.01. The standard InChI is InChI=1S/C18H21BrN2O2S/c1-10-5-13(4)21-18(23)14(10)8-20-17(22)9-24-16-7-11(2)15(19)6-12(16)3/h5-7H,8-9H2,1-4H3,(H,20,22)(H,21,23). The number of thioether (sulfide) groups is 1. The first-order valence-electron chi connectivity index (χ1n) is 7.63. The van der Waals surface area contributed by atoms with Crippen molar-refractivity contribution in [3.05, 3.63) is 61.0 Å². The Hall–Kier alpha value is -1.53. The number of amides is 1. The molecule has 0 aliphatic rings. The number of hydrogen-bond acceptors (Lipinski definition) is 3. The first kappa shape index (κ1) is 18.8. The average molecular weight is 409 g/mol. The van der Waals surface area contributed by atoms with Crippen LogP contribution in [0.2, 0.25) is 0 Å². The van der Waals surface area contributed by atoms with Crippen molar-refractivity contribution in [3.63, 3.8) is 0 Å². The highest BCUT2D eigenvalue weighted by Crippen LogP contribution is 2.28. The molecule has 0 radical (unpaired) electrons. The van der Waals surface area contributed by atoms with E-state index in [4.69, 9.17) is 0 Å². The van der Waals surface area contributed by atoms with Crippen LogP contribution in [0.3, 0.4) is 0 Å². The smallest absolute Gasteiger partial charge is 0.253 e. The summed E-state index contributed by atoms with van der Waals surface area (Å²) in [4.78, 5) is 27.9. The molecule has 4 nitrogen and oxygen atoms in total. The zero-order valence-electron chi connectivity index (χ0n) is 14.2. The maximum atomic E-state index is 12.1. The van der Waals surface area contributed by atoms with Gasteiger partial charge in [0.05, 0.1) is 5.75 Å². The zero-order valence-corrected chi connectivity index (χ0v) is 16.7. The summed E-state index contributed by atoms with van der Waals surface area (Å²) in [6, 6.07) is 6.04. The maximum Gasteiger partial charge on any atom is 0.253 e. The minimum absolute atomic E-state index is 0.0839. The van der Waals surface area contributed by atoms with E-state index in [9.17, 15) is 9.59 Å². The highest BCUT2D eigenvalue weighted by Gasteiger charge is 2.09. The van der Waals surface area contributed by atoms with Crippen LogP contribution in [0.5, 0.6) is 0 Å². The van der Waals surface area contributed by atoms with Crippen LogP contribution in [0.4, 0.5) is 0 Å². The van der Waals surface area contributed by atoms with Gasteiger partial charge in [-0.1, -0.05) is 15.9 Å². The van der Waals surface area contributed by atoms with Gasteiger partial charge in [0.1, 0.15) is 0 Å². The molecule has 0 bridgehead atoms. The minimum atomic E-state index is -0.139. The molecule has 0 spiro atoms. The van der Waals surface area contributed by atoms with Crippen LogP contribution in [-0.4, -0.2) is 16.6 Å². The second-order valence-electron chi connectivity index (χ2n) is 5.88. The van der Waals surface area contributed by atoms with Gasteiger partial charge in [-0.2, -0.15) is 0 Å². The third-order valence-electron chi connectivity index (χ3n) is 3.77. The van der Waals surface area contributed by atoms with Gasteiger partial charge >= 0.3 is 0 Å². The van der Waals surface area contributed by atoms with Crippen LogP contribution in [0.15, 0.2) is 32.4 Å². The number of aryl methyl sites for hydroxylation is 4. The Labute approximate surface area is 154 Å². The fraction of sp³-hybridized carbons (Fsp3) is 0.333. The van der Waals surface area contributed by atoms with E-state index in [-0.39, 0.29) is 18.0 Å². The normalized spacial score (nSPS) is 10.7.